The van der Waals surface area contributed by atoms with Crippen LogP contribution in [0.2, 0.25) is 0 Å². The van der Waals surface area contributed by atoms with Gasteiger partial charge in [-0.25, -0.2) is 0 Å². The van der Waals surface area contributed by atoms with Gasteiger partial charge >= 0.3 is 5.97 Å². The summed E-state index contributed by atoms with van der Waals surface area (Å²) in [6, 6.07) is 0. The van der Waals surface area contributed by atoms with E-state index in [0.717, 1.165) is 18.9 Å². The molecule has 70 valence electrons. The van der Waals surface area contributed by atoms with Crippen LogP contribution in [-0.2, 0) is 9.59 Å². The van der Waals surface area contributed by atoms with Gasteiger partial charge in [0.05, 0.1) is 0 Å². The number of carboxylic acid groups (broad SMARTS) is 1. The molecule has 0 spiro atoms. The number of aliphatic carboxylic acids is 1. The standard InChI is InChI=1S/C5H10O2.C3H5NO/c1-2-3-4-5(6)7;1-2-3(4)5/h2-4H2,1H3,(H,6,7);2H,1H2,(H2,4,5). The molecule has 0 saturated heterocycles. The Bertz CT molecular complexity index is 154. The number of hydrogen-bond donors (Lipinski definition) is 2. The van der Waals surface area contributed by atoms with Crippen LogP contribution in [0.4, 0.5) is 0 Å². The van der Waals surface area contributed by atoms with Crippen LogP contribution in [-0.4, -0.2) is 17.0 Å². The summed E-state index contributed by atoms with van der Waals surface area (Å²) in [7, 11) is 0. The minimum atomic E-state index is -0.693. The van der Waals surface area contributed by atoms with Crippen LogP contribution in [0, 0.1) is 0 Å². The van der Waals surface area contributed by atoms with E-state index in [1.165, 1.54) is 0 Å². The fourth-order valence-corrected chi connectivity index (χ4v) is 0.328. The van der Waals surface area contributed by atoms with Crippen LogP contribution in [0.3, 0.4) is 0 Å². The summed E-state index contributed by atoms with van der Waals surface area (Å²) in [6.45, 7) is 5.06. The summed E-state index contributed by atoms with van der Waals surface area (Å²) in [5.41, 5.74) is 4.53. The number of rotatable bonds is 4. The van der Waals surface area contributed by atoms with Gasteiger partial charge in [0.25, 0.3) is 0 Å². The molecule has 0 radical (unpaired) electrons. The van der Waals surface area contributed by atoms with Crippen LogP contribution < -0.4 is 5.73 Å². The number of carbonyl (C=O) groups is 2. The topological polar surface area (TPSA) is 80.4 Å². The zero-order valence-corrected chi connectivity index (χ0v) is 7.25. The molecule has 12 heavy (non-hydrogen) atoms. The lowest BCUT2D eigenvalue weighted by molar-refractivity contribution is -0.137. The molecule has 0 atom stereocenters. The second-order valence-corrected chi connectivity index (χ2v) is 2.10. The molecule has 0 aromatic heterocycles. The highest BCUT2D eigenvalue weighted by atomic mass is 16.4. The predicted molar refractivity (Wildman–Crippen MR) is 46.6 cm³/mol. The van der Waals surface area contributed by atoms with E-state index in [1.54, 1.807) is 0 Å². The highest BCUT2D eigenvalue weighted by molar-refractivity contribution is 5.84. The molecule has 0 saturated carbocycles. The molecule has 0 heterocycles. The SMILES string of the molecule is C=CC(N)=O.CCCCC(=O)O. The second-order valence-electron chi connectivity index (χ2n) is 2.10. The third-order valence-electron chi connectivity index (χ3n) is 0.945. The molecule has 0 aliphatic carbocycles. The monoisotopic (exact) mass is 173 g/mol. The van der Waals surface area contributed by atoms with Gasteiger partial charge in [-0.15, -0.1) is 0 Å². The minimum absolute atomic E-state index is 0.316. The van der Waals surface area contributed by atoms with Crippen LogP contribution in [0.25, 0.3) is 0 Å². The van der Waals surface area contributed by atoms with E-state index in [-0.39, 0.29) is 0 Å². The fourth-order valence-electron chi connectivity index (χ4n) is 0.328. The molecule has 0 aliphatic heterocycles. The fraction of sp³-hybridized carbons (Fsp3) is 0.500. The van der Waals surface area contributed by atoms with Crippen molar-refractivity contribution in [3.8, 4) is 0 Å². The summed E-state index contributed by atoms with van der Waals surface area (Å²) < 4.78 is 0. The number of carboxylic acids is 1. The van der Waals surface area contributed by atoms with E-state index in [0.29, 0.717) is 6.42 Å². The quantitative estimate of drug-likeness (QED) is 0.620. The van der Waals surface area contributed by atoms with Gasteiger partial charge in [0.2, 0.25) is 5.91 Å². The molecule has 1 amide bonds. The number of unbranched alkanes of at least 4 members (excludes halogenated alkanes) is 1. The Labute approximate surface area is 72.1 Å². The highest BCUT2D eigenvalue weighted by Gasteiger charge is 1.90. The number of hydrogen-bond acceptors (Lipinski definition) is 2. The van der Waals surface area contributed by atoms with Gasteiger partial charge in [0.1, 0.15) is 0 Å². The summed E-state index contributed by atoms with van der Waals surface area (Å²) in [5, 5.41) is 8.04. The minimum Gasteiger partial charge on any atom is -0.481 e. The molecule has 4 nitrogen and oxygen atoms in total. The third-order valence-corrected chi connectivity index (χ3v) is 0.945. The van der Waals surface area contributed by atoms with Gasteiger partial charge in [0, 0.05) is 6.42 Å². The van der Waals surface area contributed by atoms with Crippen LogP contribution in [0.15, 0.2) is 12.7 Å². The average Bonchev–Trinajstić information content (AvgIpc) is 2.02. The van der Waals surface area contributed by atoms with Crippen molar-refractivity contribution in [1.82, 2.24) is 0 Å². The lowest BCUT2D eigenvalue weighted by Gasteiger charge is -1.85. The maximum atomic E-state index is 9.76. The second kappa shape index (κ2) is 9.68. The van der Waals surface area contributed by atoms with Crippen molar-refractivity contribution in [2.24, 2.45) is 5.73 Å². The molecular formula is C8H15NO3. The lowest BCUT2D eigenvalue weighted by Crippen LogP contribution is -2.04. The van der Waals surface area contributed by atoms with Gasteiger partial charge < -0.3 is 10.8 Å². The summed E-state index contributed by atoms with van der Waals surface area (Å²) in [6.07, 6.45) is 3.14. The molecule has 0 unspecified atom stereocenters. The van der Waals surface area contributed by atoms with Crippen LogP contribution in [0.5, 0.6) is 0 Å². The Balaban J connectivity index is 0. The van der Waals surface area contributed by atoms with E-state index in [1.807, 2.05) is 6.92 Å². The van der Waals surface area contributed by atoms with Gasteiger partial charge in [0.15, 0.2) is 0 Å². The number of primary amides is 1. The first kappa shape index (κ1) is 13.3. The van der Waals surface area contributed by atoms with E-state index in [9.17, 15) is 9.59 Å². The van der Waals surface area contributed by atoms with Gasteiger partial charge in [-0.3, -0.25) is 9.59 Å². The molecular weight excluding hydrogens is 158 g/mol. The first-order valence-electron chi connectivity index (χ1n) is 3.68. The van der Waals surface area contributed by atoms with Crippen molar-refractivity contribution >= 4 is 11.9 Å². The Kier molecular flexibility index (Phi) is 10.7. The highest BCUT2D eigenvalue weighted by Crippen LogP contribution is 1.91. The van der Waals surface area contributed by atoms with Crippen molar-refractivity contribution in [3.05, 3.63) is 12.7 Å². The van der Waals surface area contributed by atoms with Gasteiger partial charge in [-0.05, 0) is 12.5 Å². The van der Waals surface area contributed by atoms with Gasteiger partial charge in [-0.1, -0.05) is 19.9 Å². The first-order chi connectivity index (χ1) is 5.54. The van der Waals surface area contributed by atoms with Crippen molar-refractivity contribution in [2.45, 2.75) is 26.2 Å². The molecule has 4 heteroatoms. The average molecular weight is 173 g/mol. The number of carbonyl (C=O) groups excluding carboxylic acids is 1. The predicted octanol–water partition coefficient (Wildman–Crippen LogP) is 0.919. The van der Waals surface area contributed by atoms with Crippen LogP contribution >= 0.6 is 0 Å². The van der Waals surface area contributed by atoms with E-state index in [2.05, 4.69) is 12.3 Å². The van der Waals surface area contributed by atoms with Crippen molar-refractivity contribution < 1.29 is 14.7 Å². The molecule has 0 aromatic carbocycles. The summed E-state index contributed by atoms with van der Waals surface area (Å²) in [4.78, 5) is 19.2. The summed E-state index contributed by atoms with van der Waals surface area (Å²) >= 11 is 0. The smallest absolute Gasteiger partial charge is 0.303 e. The normalized spacial score (nSPS) is 7.75. The van der Waals surface area contributed by atoms with E-state index >= 15 is 0 Å². The van der Waals surface area contributed by atoms with Gasteiger partial charge in [-0.2, -0.15) is 0 Å². The Morgan fingerprint density at radius 1 is 1.58 bits per heavy atom. The molecule has 3 N–H and O–H groups in total. The lowest BCUT2D eigenvalue weighted by atomic mass is 10.3. The Morgan fingerprint density at radius 2 is 2.00 bits per heavy atom. The zero-order chi connectivity index (χ0) is 9.98. The maximum Gasteiger partial charge on any atom is 0.303 e. The van der Waals surface area contributed by atoms with E-state index in [4.69, 9.17) is 5.11 Å². The Hall–Kier alpha value is -1.32. The summed E-state index contributed by atoms with van der Waals surface area (Å²) in [5.74, 6) is -1.17. The first-order valence-corrected chi connectivity index (χ1v) is 3.68. The van der Waals surface area contributed by atoms with Crippen LogP contribution in [0.1, 0.15) is 26.2 Å². The van der Waals surface area contributed by atoms with E-state index < -0.39 is 11.9 Å². The molecule has 0 aromatic rings. The molecule has 0 rings (SSSR count). The zero-order valence-electron chi connectivity index (χ0n) is 7.25. The van der Waals surface area contributed by atoms with Crippen molar-refractivity contribution in [1.29, 1.82) is 0 Å². The molecule has 0 bridgehead atoms. The molecule has 0 fully saturated rings. The largest absolute Gasteiger partial charge is 0.481 e. The van der Waals surface area contributed by atoms with Crippen molar-refractivity contribution in [3.63, 3.8) is 0 Å². The number of amides is 1. The van der Waals surface area contributed by atoms with Crippen molar-refractivity contribution in [2.75, 3.05) is 0 Å². The maximum absolute atomic E-state index is 9.76. The number of nitrogens with two attached hydrogens (primary N) is 1. The third kappa shape index (κ3) is 23.4. The Morgan fingerprint density at radius 3 is 2.08 bits per heavy atom. The molecule has 0 aliphatic rings.